The maximum atomic E-state index is 12.6. The van der Waals surface area contributed by atoms with Crippen molar-refractivity contribution in [2.45, 2.75) is 13.2 Å². The molecule has 0 radical (unpaired) electrons. The molecule has 1 aromatic heterocycles. The standard InChI is InChI=1S/C20H19N3O2/c21-13-16-6-7-18(20(24)23-17-8-10-22-11-9-17)19(12-16)25-14-15-4-2-1-3-5-15/h1-12H,13-14,21H2,(H,22,23,24). The van der Waals surface area contributed by atoms with Gasteiger partial charge in [0.1, 0.15) is 12.4 Å². The number of amides is 1. The Bertz CT molecular complexity index is 836. The number of hydrogen-bond acceptors (Lipinski definition) is 4. The molecule has 0 atom stereocenters. The molecule has 0 unspecified atom stereocenters. The van der Waals surface area contributed by atoms with E-state index in [1.165, 1.54) is 0 Å². The van der Waals surface area contributed by atoms with Crippen molar-refractivity contribution < 1.29 is 9.53 Å². The second kappa shape index (κ2) is 8.08. The van der Waals surface area contributed by atoms with Crippen molar-refractivity contribution in [1.82, 2.24) is 4.98 Å². The van der Waals surface area contributed by atoms with Crippen molar-refractivity contribution in [3.63, 3.8) is 0 Å². The molecule has 0 bridgehead atoms. The number of nitrogens with two attached hydrogens (primary N) is 1. The molecular weight excluding hydrogens is 314 g/mol. The highest BCUT2D eigenvalue weighted by Crippen LogP contribution is 2.23. The van der Waals surface area contributed by atoms with Gasteiger partial charge in [-0.25, -0.2) is 0 Å². The summed E-state index contributed by atoms with van der Waals surface area (Å²) in [6.07, 6.45) is 3.25. The average molecular weight is 333 g/mol. The molecule has 0 spiro atoms. The number of carbonyl (C=O) groups is 1. The van der Waals surface area contributed by atoms with Crippen LogP contribution in [0.4, 0.5) is 5.69 Å². The highest BCUT2D eigenvalue weighted by Gasteiger charge is 2.14. The van der Waals surface area contributed by atoms with Gasteiger partial charge in [0, 0.05) is 24.6 Å². The van der Waals surface area contributed by atoms with Crippen molar-refractivity contribution in [2.24, 2.45) is 5.73 Å². The summed E-state index contributed by atoms with van der Waals surface area (Å²) in [5.41, 5.74) is 8.79. The van der Waals surface area contributed by atoms with Crippen molar-refractivity contribution in [2.75, 3.05) is 5.32 Å². The van der Waals surface area contributed by atoms with Gasteiger partial charge < -0.3 is 15.8 Å². The van der Waals surface area contributed by atoms with Crippen LogP contribution in [0.5, 0.6) is 5.75 Å². The number of aromatic nitrogens is 1. The second-order valence-electron chi connectivity index (χ2n) is 5.50. The van der Waals surface area contributed by atoms with Gasteiger partial charge in [-0.3, -0.25) is 9.78 Å². The maximum Gasteiger partial charge on any atom is 0.259 e. The fourth-order valence-electron chi connectivity index (χ4n) is 2.37. The summed E-state index contributed by atoms with van der Waals surface area (Å²) in [5, 5.41) is 2.84. The highest BCUT2D eigenvalue weighted by molar-refractivity contribution is 6.06. The fourth-order valence-corrected chi connectivity index (χ4v) is 2.37. The van der Waals surface area contributed by atoms with Gasteiger partial charge in [0.25, 0.3) is 5.91 Å². The number of nitrogens with one attached hydrogen (secondary N) is 1. The van der Waals surface area contributed by atoms with Gasteiger partial charge in [0.2, 0.25) is 0 Å². The fraction of sp³-hybridized carbons (Fsp3) is 0.100. The molecule has 1 heterocycles. The van der Waals surface area contributed by atoms with Crippen LogP contribution in [-0.4, -0.2) is 10.9 Å². The Morgan fingerprint density at radius 2 is 1.76 bits per heavy atom. The number of rotatable bonds is 6. The molecule has 1 amide bonds. The first-order chi connectivity index (χ1) is 12.3. The van der Waals surface area contributed by atoms with Crippen LogP contribution in [0.15, 0.2) is 73.1 Å². The van der Waals surface area contributed by atoms with Gasteiger partial charge >= 0.3 is 0 Å². The first-order valence-corrected chi connectivity index (χ1v) is 7.97. The summed E-state index contributed by atoms with van der Waals surface area (Å²) >= 11 is 0. The first kappa shape index (κ1) is 16.7. The van der Waals surface area contributed by atoms with Crippen LogP contribution < -0.4 is 15.8 Å². The van der Waals surface area contributed by atoms with Crippen molar-refractivity contribution in [3.05, 3.63) is 89.7 Å². The van der Waals surface area contributed by atoms with E-state index in [0.29, 0.717) is 30.2 Å². The van der Waals surface area contributed by atoms with Crippen LogP contribution in [0.1, 0.15) is 21.5 Å². The Balaban J connectivity index is 1.81. The summed E-state index contributed by atoms with van der Waals surface area (Å²) in [4.78, 5) is 16.5. The SMILES string of the molecule is NCc1ccc(C(=O)Nc2ccncc2)c(OCc2ccccc2)c1. The molecule has 3 N–H and O–H groups in total. The summed E-state index contributed by atoms with van der Waals surface area (Å²) < 4.78 is 5.90. The Hall–Kier alpha value is -3.18. The maximum absolute atomic E-state index is 12.6. The van der Waals surface area contributed by atoms with Crippen LogP contribution in [-0.2, 0) is 13.2 Å². The van der Waals surface area contributed by atoms with Crippen LogP contribution >= 0.6 is 0 Å². The predicted octanol–water partition coefficient (Wildman–Crippen LogP) is 3.37. The molecule has 5 nitrogen and oxygen atoms in total. The third kappa shape index (κ3) is 4.43. The summed E-state index contributed by atoms with van der Waals surface area (Å²) in [6, 6.07) is 18.6. The molecule has 0 aliphatic heterocycles. The molecule has 0 saturated carbocycles. The quantitative estimate of drug-likeness (QED) is 0.725. The molecule has 5 heteroatoms. The van der Waals surface area contributed by atoms with Gasteiger partial charge in [0.05, 0.1) is 5.56 Å². The van der Waals surface area contributed by atoms with E-state index < -0.39 is 0 Å². The number of anilines is 1. The Morgan fingerprint density at radius 1 is 1.00 bits per heavy atom. The molecule has 0 aliphatic rings. The molecule has 0 fully saturated rings. The molecule has 3 rings (SSSR count). The molecule has 2 aromatic carbocycles. The summed E-state index contributed by atoms with van der Waals surface area (Å²) in [7, 11) is 0. The lowest BCUT2D eigenvalue weighted by Gasteiger charge is -2.13. The number of carbonyl (C=O) groups excluding carboxylic acids is 1. The van der Waals surface area contributed by atoms with E-state index in [1.54, 1.807) is 30.6 Å². The van der Waals surface area contributed by atoms with E-state index in [1.807, 2.05) is 42.5 Å². The van der Waals surface area contributed by atoms with Gasteiger partial charge in [0.15, 0.2) is 0 Å². The predicted molar refractivity (Wildman–Crippen MR) is 97.3 cm³/mol. The van der Waals surface area contributed by atoms with Crippen LogP contribution in [0.2, 0.25) is 0 Å². The molecule has 0 aliphatic carbocycles. The first-order valence-electron chi connectivity index (χ1n) is 7.97. The number of pyridine rings is 1. The zero-order valence-electron chi connectivity index (χ0n) is 13.7. The number of hydrogen-bond donors (Lipinski definition) is 2. The molecule has 25 heavy (non-hydrogen) atoms. The van der Waals surface area contributed by atoms with E-state index in [9.17, 15) is 4.79 Å². The van der Waals surface area contributed by atoms with Gasteiger partial charge in [-0.05, 0) is 35.4 Å². The lowest BCUT2D eigenvalue weighted by molar-refractivity contribution is 0.102. The Kier molecular flexibility index (Phi) is 5.39. The van der Waals surface area contributed by atoms with Gasteiger partial charge in [-0.2, -0.15) is 0 Å². The average Bonchev–Trinajstić information content (AvgIpc) is 2.67. The molecular formula is C20H19N3O2. The van der Waals surface area contributed by atoms with E-state index in [2.05, 4.69) is 10.3 Å². The van der Waals surface area contributed by atoms with Gasteiger partial charge in [-0.15, -0.1) is 0 Å². The number of ether oxygens (including phenoxy) is 1. The van der Waals surface area contributed by atoms with Crippen molar-refractivity contribution in [3.8, 4) is 5.75 Å². The summed E-state index contributed by atoms with van der Waals surface area (Å²) in [5.74, 6) is 0.274. The largest absolute Gasteiger partial charge is 0.488 e. The topological polar surface area (TPSA) is 77.2 Å². The van der Waals surface area contributed by atoms with E-state index in [-0.39, 0.29) is 5.91 Å². The molecule has 3 aromatic rings. The highest BCUT2D eigenvalue weighted by atomic mass is 16.5. The monoisotopic (exact) mass is 333 g/mol. The Labute approximate surface area is 146 Å². The zero-order chi connectivity index (χ0) is 17.5. The van der Waals surface area contributed by atoms with E-state index in [0.717, 1.165) is 11.1 Å². The Morgan fingerprint density at radius 3 is 2.48 bits per heavy atom. The molecule has 0 saturated heterocycles. The zero-order valence-corrected chi connectivity index (χ0v) is 13.7. The van der Waals surface area contributed by atoms with Crippen molar-refractivity contribution in [1.29, 1.82) is 0 Å². The van der Waals surface area contributed by atoms with E-state index in [4.69, 9.17) is 10.5 Å². The third-order valence-corrected chi connectivity index (χ3v) is 3.70. The minimum Gasteiger partial charge on any atom is -0.488 e. The smallest absolute Gasteiger partial charge is 0.259 e. The lowest BCUT2D eigenvalue weighted by Crippen LogP contribution is -2.14. The second-order valence-corrected chi connectivity index (χ2v) is 5.50. The minimum atomic E-state index is -0.238. The van der Waals surface area contributed by atoms with Crippen molar-refractivity contribution >= 4 is 11.6 Å². The third-order valence-electron chi connectivity index (χ3n) is 3.70. The van der Waals surface area contributed by atoms with Crippen LogP contribution in [0, 0.1) is 0 Å². The van der Waals surface area contributed by atoms with E-state index >= 15 is 0 Å². The number of benzene rings is 2. The summed E-state index contributed by atoms with van der Waals surface area (Å²) in [6.45, 7) is 0.762. The molecule has 126 valence electrons. The lowest BCUT2D eigenvalue weighted by atomic mass is 10.1. The normalized spacial score (nSPS) is 10.3. The van der Waals surface area contributed by atoms with Crippen LogP contribution in [0.3, 0.4) is 0 Å². The number of nitrogens with zero attached hydrogens (tertiary/aromatic N) is 1. The minimum absolute atomic E-state index is 0.238. The van der Waals surface area contributed by atoms with Gasteiger partial charge in [-0.1, -0.05) is 36.4 Å². The van der Waals surface area contributed by atoms with Crippen LogP contribution in [0.25, 0.3) is 0 Å².